The topological polar surface area (TPSA) is 26.0 Å². The van der Waals surface area contributed by atoms with Crippen molar-refractivity contribution in [3.05, 3.63) is 0 Å². The van der Waals surface area contributed by atoms with Crippen LogP contribution >= 0.6 is 11.8 Å². The fourth-order valence-corrected chi connectivity index (χ4v) is 5.38. The van der Waals surface area contributed by atoms with Crippen molar-refractivity contribution < 1.29 is 0 Å². The Kier molecular flexibility index (Phi) is 3.49. The molecule has 1 aliphatic heterocycles. The normalized spacial score (nSPS) is 48.9. The zero-order valence-electron chi connectivity index (χ0n) is 10.2. The van der Waals surface area contributed by atoms with Crippen LogP contribution < -0.4 is 5.73 Å². The highest BCUT2D eigenvalue weighted by atomic mass is 32.2. The van der Waals surface area contributed by atoms with Gasteiger partial charge in [-0.05, 0) is 60.9 Å². The highest BCUT2D eigenvalue weighted by Crippen LogP contribution is 2.53. The molecule has 1 saturated heterocycles. The van der Waals surface area contributed by atoms with E-state index >= 15 is 0 Å². The molecule has 5 unspecified atom stereocenters. The van der Waals surface area contributed by atoms with Crippen LogP contribution in [-0.4, -0.2) is 17.5 Å². The first-order valence-corrected chi connectivity index (χ1v) is 8.35. The van der Waals surface area contributed by atoms with E-state index in [0.717, 1.165) is 23.7 Å². The molecule has 1 nitrogen and oxygen atoms in total. The maximum Gasteiger partial charge on any atom is 0.00705 e. The summed E-state index contributed by atoms with van der Waals surface area (Å²) in [6.07, 6.45) is 10.0. The lowest BCUT2D eigenvalue weighted by atomic mass is 9.77. The highest BCUT2D eigenvalue weighted by Gasteiger charge is 2.47. The minimum absolute atomic E-state index is 0.519. The molecule has 2 aliphatic carbocycles. The lowest BCUT2D eigenvalue weighted by Gasteiger charge is -2.35. The van der Waals surface area contributed by atoms with Gasteiger partial charge in [0.2, 0.25) is 0 Å². The van der Waals surface area contributed by atoms with Gasteiger partial charge < -0.3 is 5.73 Å². The quantitative estimate of drug-likeness (QED) is 0.702. The molecular formula is C14H25NS. The Morgan fingerprint density at radius 2 is 1.75 bits per heavy atom. The summed E-state index contributed by atoms with van der Waals surface area (Å²) in [5, 5.41) is 0. The molecule has 0 amide bonds. The Morgan fingerprint density at radius 1 is 0.875 bits per heavy atom. The van der Waals surface area contributed by atoms with Crippen LogP contribution in [-0.2, 0) is 0 Å². The Morgan fingerprint density at radius 3 is 2.69 bits per heavy atom. The van der Waals surface area contributed by atoms with Gasteiger partial charge in [0.15, 0.2) is 0 Å². The van der Waals surface area contributed by atoms with Gasteiger partial charge in [0, 0.05) is 6.04 Å². The number of fused-ring (bicyclic) bond motifs is 3. The van der Waals surface area contributed by atoms with Gasteiger partial charge in [0.25, 0.3) is 0 Å². The molecule has 0 radical (unpaired) electrons. The molecule has 5 atom stereocenters. The summed E-state index contributed by atoms with van der Waals surface area (Å²) in [4.78, 5) is 0. The van der Waals surface area contributed by atoms with E-state index in [9.17, 15) is 0 Å². The summed E-state index contributed by atoms with van der Waals surface area (Å²) < 4.78 is 0. The van der Waals surface area contributed by atoms with Crippen LogP contribution in [0.5, 0.6) is 0 Å². The van der Waals surface area contributed by atoms with Crippen LogP contribution in [0.4, 0.5) is 0 Å². The maximum atomic E-state index is 6.45. The second kappa shape index (κ2) is 4.89. The molecule has 1 heterocycles. The number of thioether (sulfide) groups is 1. The smallest absolute Gasteiger partial charge is 0.00705 e. The van der Waals surface area contributed by atoms with E-state index in [2.05, 4.69) is 11.8 Å². The fourth-order valence-electron chi connectivity index (χ4n) is 4.08. The van der Waals surface area contributed by atoms with E-state index in [0.29, 0.717) is 6.04 Å². The molecule has 2 heteroatoms. The van der Waals surface area contributed by atoms with E-state index in [1.54, 1.807) is 0 Å². The Labute approximate surface area is 104 Å². The molecular weight excluding hydrogens is 214 g/mol. The van der Waals surface area contributed by atoms with Crippen molar-refractivity contribution in [1.82, 2.24) is 0 Å². The molecule has 3 rings (SSSR count). The van der Waals surface area contributed by atoms with Crippen LogP contribution in [0, 0.1) is 23.7 Å². The van der Waals surface area contributed by atoms with Gasteiger partial charge in [-0.3, -0.25) is 0 Å². The predicted molar refractivity (Wildman–Crippen MR) is 71.6 cm³/mol. The zero-order valence-corrected chi connectivity index (χ0v) is 11.1. The molecule has 0 aromatic heterocycles. The minimum atomic E-state index is 0.519. The monoisotopic (exact) mass is 239 g/mol. The van der Waals surface area contributed by atoms with Crippen molar-refractivity contribution in [3.8, 4) is 0 Å². The zero-order chi connectivity index (χ0) is 11.0. The summed E-state index contributed by atoms with van der Waals surface area (Å²) in [5.74, 6) is 6.78. The third kappa shape index (κ3) is 2.28. The Bertz CT molecular complexity index is 237. The summed E-state index contributed by atoms with van der Waals surface area (Å²) in [6.45, 7) is 0. The van der Waals surface area contributed by atoms with Gasteiger partial charge in [-0.1, -0.05) is 19.3 Å². The second-order valence-electron chi connectivity index (χ2n) is 6.15. The Hall–Kier alpha value is 0.310. The Balaban J connectivity index is 1.74. The number of nitrogens with two attached hydrogens (primary N) is 1. The fraction of sp³-hybridized carbons (Fsp3) is 1.00. The van der Waals surface area contributed by atoms with Gasteiger partial charge in [0.05, 0.1) is 0 Å². The number of rotatable bonds is 0. The van der Waals surface area contributed by atoms with Crippen LogP contribution in [0.15, 0.2) is 0 Å². The van der Waals surface area contributed by atoms with E-state index in [4.69, 9.17) is 5.73 Å². The lowest BCUT2D eigenvalue weighted by Crippen LogP contribution is -2.39. The molecule has 0 spiro atoms. The van der Waals surface area contributed by atoms with Crippen LogP contribution in [0.25, 0.3) is 0 Å². The van der Waals surface area contributed by atoms with Crippen molar-refractivity contribution in [2.24, 2.45) is 29.4 Å². The lowest BCUT2D eigenvalue weighted by molar-refractivity contribution is 0.220. The largest absolute Gasteiger partial charge is 0.327 e. The maximum absolute atomic E-state index is 6.45. The van der Waals surface area contributed by atoms with Crippen molar-refractivity contribution in [2.75, 3.05) is 11.5 Å². The van der Waals surface area contributed by atoms with Crippen LogP contribution in [0.1, 0.15) is 44.9 Å². The average Bonchev–Trinajstić information content (AvgIpc) is 2.97. The first-order chi connectivity index (χ1) is 7.86. The van der Waals surface area contributed by atoms with E-state index in [-0.39, 0.29) is 0 Å². The third-order valence-corrected chi connectivity index (χ3v) is 6.32. The van der Waals surface area contributed by atoms with Crippen molar-refractivity contribution in [1.29, 1.82) is 0 Å². The van der Waals surface area contributed by atoms with E-state index < -0.39 is 0 Å². The van der Waals surface area contributed by atoms with Gasteiger partial charge in [-0.15, -0.1) is 0 Å². The van der Waals surface area contributed by atoms with Crippen LogP contribution in [0.2, 0.25) is 0 Å². The molecule has 3 aliphatic rings. The van der Waals surface area contributed by atoms with Gasteiger partial charge in [0.1, 0.15) is 0 Å². The van der Waals surface area contributed by atoms with Gasteiger partial charge in [-0.2, -0.15) is 11.8 Å². The average molecular weight is 239 g/mol. The number of hydrogen-bond acceptors (Lipinski definition) is 2. The molecule has 2 saturated carbocycles. The molecule has 16 heavy (non-hydrogen) atoms. The van der Waals surface area contributed by atoms with Gasteiger partial charge >= 0.3 is 0 Å². The summed E-state index contributed by atoms with van der Waals surface area (Å²) in [7, 11) is 0. The molecule has 0 aromatic rings. The highest BCUT2D eigenvalue weighted by molar-refractivity contribution is 7.99. The van der Waals surface area contributed by atoms with Crippen LogP contribution in [0.3, 0.4) is 0 Å². The van der Waals surface area contributed by atoms with E-state index in [1.807, 2.05) is 0 Å². The minimum Gasteiger partial charge on any atom is -0.327 e. The molecule has 0 aromatic carbocycles. The SMILES string of the molecule is NC1CCCSCC2C1CCCCC1CC12. The van der Waals surface area contributed by atoms with Crippen molar-refractivity contribution in [3.63, 3.8) is 0 Å². The summed E-state index contributed by atoms with van der Waals surface area (Å²) in [6, 6.07) is 0.519. The first kappa shape index (κ1) is 11.4. The van der Waals surface area contributed by atoms with Crippen molar-refractivity contribution >= 4 is 11.8 Å². The molecule has 2 N–H and O–H groups in total. The van der Waals surface area contributed by atoms with Crippen molar-refractivity contribution in [2.45, 2.75) is 51.0 Å². The molecule has 92 valence electrons. The third-order valence-electron chi connectivity index (χ3n) is 5.13. The van der Waals surface area contributed by atoms with Gasteiger partial charge in [-0.25, -0.2) is 0 Å². The molecule has 3 fully saturated rings. The summed E-state index contributed by atoms with van der Waals surface area (Å²) >= 11 is 2.21. The second-order valence-corrected chi connectivity index (χ2v) is 7.30. The number of hydrogen-bond donors (Lipinski definition) is 1. The standard InChI is InChI=1S/C14H25NS/c15-14-6-3-7-16-9-13-11(14)5-2-1-4-10-8-12(10)13/h10-14H,1-9,15H2. The predicted octanol–water partition coefficient (Wildman–Crippen LogP) is 3.28. The molecule has 0 bridgehead atoms. The van der Waals surface area contributed by atoms with E-state index in [1.165, 1.54) is 56.5 Å². The first-order valence-electron chi connectivity index (χ1n) is 7.19. The summed E-state index contributed by atoms with van der Waals surface area (Å²) in [5.41, 5.74) is 6.45.